The molecule has 30 heavy (non-hydrogen) atoms. The summed E-state index contributed by atoms with van der Waals surface area (Å²) < 4.78 is 5.85. The molecule has 2 atom stereocenters. The molecule has 0 amide bonds. The normalized spacial score (nSPS) is 17.5. The van der Waals surface area contributed by atoms with E-state index in [1.165, 1.54) is 44.9 Å². The summed E-state index contributed by atoms with van der Waals surface area (Å²) in [6.45, 7) is 7.59. The zero-order valence-electron chi connectivity index (χ0n) is 19.5. The van der Waals surface area contributed by atoms with Gasteiger partial charge < -0.3 is 20.7 Å². The highest BCUT2D eigenvalue weighted by Gasteiger charge is 2.31. The van der Waals surface area contributed by atoms with Crippen molar-refractivity contribution in [2.24, 2.45) is 23.5 Å². The average molecular weight is 420 g/mol. The SMILES string of the molecule is CC(C)CCCC(C)CCCOc1ccc(CC[C@@](N)(CO)CC2CCC2)c(O)c1. The molecule has 0 saturated heterocycles. The number of phenolic OH excluding ortho intramolecular Hbond substituents is 1. The molecular weight excluding hydrogens is 374 g/mol. The fourth-order valence-corrected chi connectivity index (χ4v) is 4.39. The summed E-state index contributed by atoms with van der Waals surface area (Å²) in [6.07, 6.45) is 12.1. The molecule has 0 bridgehead atoms. The number of ether oxygens (including phenoxy) is 1. The maximum atomic E-state index is 10.4. The van der Waals surface area contributed by atoms with Gasteiger partial charge in [-0.1, -0.05) is 65.4 Å². The molecule has 0 radical (unpaired) electrons. The van der Waals surface area contributed by atoms with Gasteiger partial charge in [-0.15, -0.1) is 0 Å². The van der Waals surface area contributed by atoms with Gasteiger partial charge in [-0.3, -0.25) is 0 Å². The van der Waals surface area contributed by atoms with Crippen LogP contribution in [0.3, 0.4) is 0 Å². The third-order valence-electron chi connectivity index (χ3n) is 6.77. The van der Waals surface area contributed by atoms with Crippen LogP contribution in [0.2, 0.25) is 0 Å². The van der Waals surface area contributed by atoms with Crippen molar-refractivity contribution in [1.29, 1.82) is 0 Å². The van der Waals surface area contributed by atoms with E-state index in [2.05, 4.69) is 20.8 Å². The predicted molar refractivity (Wildman–Crippen MR) is 125 cm³/mol. The van der Waals surface area contributed by atoms with E-state index < -0.39 is 5.54 Å². The fourth-order valence-electron chi connectivity index (χ4n) is 4.39. The maximum Gasteiger partial charge on any atom is 0.122 e. The molecule has 4 heteroatoms. The van der Waals surface area contributed by atoms with Crippen molar-refractivity contribution < 1.29 is 14.9 Å². The van der Waals surface area contributed by atoms with E-state index >= 15 is 0 Å². The first-order valence-corrected chi connectivity index (χ1v) is 12.2. The Bertz CT molecular complexity index is 614. The Balaban J connectivity index is 1.70. The summed E-state index contributed by atoms with van der Waals surface area (Å²) in [6, 6.07) is 5.58. The largest absolute Gasteiger partial charge is 0.508 e. The molecule has 0 aromatic heterocycles. The summed E-state index contributed by atoms with van der Waals surface area (Å²) >= 11 is 0. The molecule has 1 aliphatic carbocycles. The molecule has 1 unspecified atom stereocenters. The number of aliphatic hydroxyl groups is 1. The summed E-state index contributed by atoms with van der Waals surface area (Å²) in [5.74, 6) is 3.18. The van der Waals surface area contributed by atoms with E-state index in [0.717, 1.165) is 36.0 Å². The lowest BCUT2D eigenvalue weighted by Gasteiger charge is -2.35. The highest BCUT2D eigenvalue weighted by molar-refractivity contribution is 5.39. The van der Waals surface area contributed by atoms with Gasteiger partial charge in [0.15, 0.2) is 0 Å². The smallest absolute Gasteiger partial charge is 0.122 e. The summed E-state index contributed by atoms with van der Waals surface area (Å²) in [5.41, 5.74) is 6.76. The maximum absolute atomic E-state index is 10.4. The molecule has 1 aromatic rings. The molecule has 1 aromatic carbocycles. The number of phenols is 1. The molecule has 172 valence electrons. The summed E-state index contributed by atoms with van der Waals surface area (Å²) in [7, 11) is 0. The number of nitrogens with two attached hydrogens (primary N) is 1. The zero-order valence-corrected chi connectivity index (χ0v) is 19.5. The van der Waals surface area contributed by atoms with Crippen molar-refractivity contribution in [3.8, 4) is 11.5 Å². The van der Waals surface area contributed by atoms with E-state index in [0.29, 0.717) is 25.4 Å². The monoisotopic (exact) mass is 419 g/mol. The van der Waals surface area contributed by atoms with Crippen LogP contribution in [-0.4, -0.2) is 29.0 Å². The van der Waals surface area contributed by atoms with Crippen LogP contribution in [0.15, 0.2) is 18.2 Å². The number of aliphatic hydroxyl groups excluding tert-OH is 1. The van der Waals surface area contributed by atoms with Crippen molar-refractivity contribution >= 4 is 0 Å². The molecule has 0 spiro atoms. The number of rotatable bonds is 15. The third kappa shape index (κ3) is 8.85. The van der Waals surface area contributed by atoms with Crippen molar-refractivity contribution in [2.45, 2.75) is 96.9 Å². The Hall–Kier alpha value is -1.26. The van der Waals surface area contributed by atoms with E-state index in [-0.39, 0.29) is 12.4 Å². The van der Waals surface area contributed by atoms with Gasteiger partial charge in [-0.25, -0.2) is 0 Å². The third-order valence-corrected chi connectivity index (χ3v) is 6.77. The van der Waals surface area contributed by atoms with Crippen LogP contribution >= 0.6 is 0 Å². The van der Waals surface area contributed by atoms with Crippen LogP contribution in [0.4, 0.5) is 0 Å². The fraction of sp³-hybridized carbons (Fsp3) is 0.769. The molecule has 0 aliphatic heterocycles. The van der Waals surface area contributed by atoms with Gasteiger partial charge in [0.2, 0.25) is 0 Å². The van der Waals surface area contributed by atoms with Crippen LogP contribution in [0.1, 0.15) is 90.5 Å². The molecule has 1 fully saturated rings. The van der Waals surface area contributed by atoms with Gasteiger partial charge >= 0.3 is 0 Å². The minimum atomic E-state index is -0.543. The molecule has 2 rings (SSSR count). The standard InChI is InChI=1S/C26H45NO3/c1-20(2)7-4-8-21(3)9-6-16-30-24-13-12-23(25(29)17-24)14-15-26(27,19-28)18-22-10-5-11-22/h12-13,17,20-22,28-29H,4-11,14-16,18-19,27H2,1-3H3/t21?,26-/m0/s1. The van der Waals surface area contributed by atoms with Crippen LogP contribution < -0.4 is 10.5 Å². The van der Waals surface area contributed by atoms with Crippen LogP contribution in [0.25, 0.3) is 0 Å². The topological polar surface area (TPSA) is 75.7 Å². The quantitative estimate of drug-likeness (QED) is 0.313. The number of hydrogen-bond donors (Lipinski definition) is 3. The Morgan fingerprint density at radius 2 is 1.87 bits per heavy atom. The molecule has 1 aliphatic rings. The van der Waals surface area contributed by atoms with E-state index in [1.54, 1.807) is 6.07 Å². The lowest BCUT2D eigenvalue weighted by atomic mass is 9.75. The number of hydrogen-bond acceptors (Lipinski definition) is 4. The summed E-state index contributed by atoms with van der Waals surface area (Å²) in [4.78, 5) is 0. The highest BCUT2D eigenvalue weighted by Crippen LogP contribution is 2.35. The lowest BCUT2D eigenvalue weighted by Crippen LogP contribution is -2.46. The van der Waals surface area contributed by atoms with Gasteiger partial charge in [-0.2, -0.15) is 0 Å². The van der Waals surface area contributed by atoms with Gasteiger partial charge in [-0.05, 0) is 61.5 Å². The Morgan fingerprint density at radius 3 is 2.47 bits per heavy atom. The second-order valence-electron chi connectivity index (χ2n) is 10.2. The second kappa shape index (κ2) is 12.6. The predicted octanol–water partition coefficient (Wildman–Crippen LogP) is 5.83. The van der Waals surface area contributed by atoms with Crippen molar-refractivity contribution in [2.75, 3.05) is 13.2 Å². The zero-order chi connectivity index (χ0) is 22.0. The number of aryl methyl sites for hydroxylation is 1. The van der Waals surface area contributed by atoms with Crippen LogP contribution in [0, 0.1) is 17.8 Å². The van der Waals surface area contributed by atoms with E-state index in [9.17, 15) is 10.2 Å². The lowest BCUT2D eigenvalue weighted by molar-refractivity contribution is 0.135. The molecule has 4 N–H and O–H groups in total. The molecular formula is C26H45NO3. The average Bonchev–Trinajstić information content (AvgIpc) is 2.67. The minimum Gasteiger partial charge on any atom is -0.508 e. The van der Waals surface area contributed by atoms with Crippen molar-refractivity contribution in [3.63, 3.8) is 0 Å². The van der Waals surface area contributed by atoms with E-state index in [4.69, 9.17) is 10.5 Å². The highest BCUT2D eigenvalue weighted by atomic mass is 16.5. The molecule has 4 nitrogen and oxygen atoms in total. The van der Waals surface area contributed by atoms with Gasteiger partial charge in [0.25, 0.3) is 0 Å². The Labute approximate surface area is 184 Å². The Morgan fingerprint density at radius 1 is 1.13 bits per heavy atom. The minimum absolute atomic E-state index is 0.00134. The van der Waals surface area contributed by atoms with Gasteiger partial charge in [0, 0.05) is 11.6 Å². The summed E-state index contributed by atoms with van der Waals surface area (Å²) in [5, 5.41) is 20.2. The first kappa shape index (κ1) is 25.0. The first-order valence-electron chi connectivity index (χ1n) is 12.2. The number of aromatic hydroxyl groups is 1. The second-order valence-corrected chi connectivity index (χ2v) is 10.2. The first-order chi connectivity index (χ1) is 14.3. The molecule has 1 saturated carbocycles. The van der Waals surface area contributed by atoms with Gasteiger partial charge in [0.1, 0.15) is 11.5 Å². The van der Waals surface area contributed by atoms with E-state index in [1.807, 2.05) is 12.1 Å². The van der Waals surface area contributed by atoms with Crippen molar-refractivity contribution in [3.05, 3.63) is 23.8 Å². The van der Waals surface area contributed by atoms with Crippen LogP contribution in [0.5, 0.6) is 11.5 Å². The molecule has 0 heterocycles. The van der Waals surface area contributed by atoms with Gasteiger partial charge in [0.05, 0.1) is 13.2 Å². The number of benzene rings is 1. The Kier molecular flexibility index (Phi) is 10.5. The van der Waals surface area contributed by atoms with Crippen LogP contribution in [-0.2, 0) is 6.42 Å². The van der Waals surface area contributed by atoms with Crippen molar-refractivity contribution in [1.82, 2.24) is 0 Å².